The van der Waals surface area contributed by atoms with Crippen molar-refractivity contribution in [2.75, 3.05) is 6.54 Å². The molecule has 0 aromatic heterocycles. The van der Waals surface area contributed by atoms with Gasteiger partial charge in [0.05, 0.1) is 0 Å². The molecule has 1 aromatic rings. The van der Waals surface area contributed by atoms with Gasteiger partial charge in [0, 0.05) is 0 Å². The summed E-state index contributed by atoms with van der Waals surface area (Å²) in [5.41, 5.74) is 6.06. The van der Waals surface area contributed by atoms with Crippen molar-refractivity contribution in [2.24, 2.45) is 11.1 Å². The maximum atomic E-state index is 13.0. The van der Waals surface area contributed by atoms with E-state index in [1.165, 1.54) is 6.07 Å². The third kappa shape index (κ3) is 2.45. The summed E-state index contributed by atoms with van der Waals surface area (Å²) in [4.78, 5) is 0. The van der Waals surface area contributed by atoms with Crippen LogP contribution in [-0.4, -0.2) is 11.7 Å². The molecular formula is C11H16FNO. The van der Waals surface area contributed by atoms with Crippen LogP contribution in [0.4, 0.5) is 4.39 Å². The summed E-state index contributed by atoms with van der Waals surface area (Å²) in [6.45, 7) is 4.47. The van der Waals surface area contributed by atoms with Gasteiger partial charge in [-0.25, -0.2) is 4.39 Å². The first-order chi connectivity index (χ1) is 6.46. The number of hydrogen-bond donors (Lipinski definition) is 2. The van der Waals surface area contributed by atoms with Crippen molar-refractivity contribution < 1.29 is 9.50 Å². The van der Waals surface area contributed by atoms with Crippen molar-refractivity contribution in [3.8, 4) is 5.75 Å². The molecule has 3 heteroatoms. The number of halogens is 1. The van der Waals surface area contributed by atoms with E-state index in [9.17, 15) is 9.50 Å². The third-order valence-electron chi connectivity index (χ3n) is 2.29. The van der Waals surface area contributed by atoms with Gasteiger partial charge in [-0.05, 0) is 30.0 Å². The lowest BCUT2D eigenvalue weighted by Crippen LogP contribution is -2.25. The lowest BCUT2D eigenvalue weighted by Gasteiger charge is -2.22. The Bertz CT molecular complexity index is 323. The summed E-state index contributed by atoms with van der Waals surface area (Å²) in [5.74, 6) is -0.829. The molecule has 78 valence electrons. The largest absolute Gasteiger partial charge is 0.505 e. The summed E-state index contributed by atoms with van der Waals surface area (Å²) in [6.07, 6.45) is 0.576. The van der Waals surface area contributed by atoms with E-state index in [1.54, 1.807) is 12.1 Å². The van der Waals surface area contributed by atoms with Gasteiger partial charge >= 0.3 is 0 Å². The first-order valence-electron chi connectivity index (χ1n) is 4.63. The number of nitrogens with two attached hydrogens (primary N) is 1. The monoisotopic (exact) mass is 197 g/mol. The van der Waals surface area contributed by atoms with Crippen LogP contribution in [0, 0.1) is 11.2 Å². The molecule has 1 aromatic carbocycles. The van der Waals surface area contributed by atoms with Crippen LogP contribution in [0.3, 0.4) is 0 Å². The van der Waals surface area contributed by atoms with Crippen molar-refractivity contribution in [2.45, 2.75) is 20.3 Å². The quantitative estimate of drug-likeness (QED) is 0.779. The number of aromatic hydroxyl groups is 1. The first kappa shape index (κ1) is 11.0. The van der Waals surface area contributed by atoms with E-state index in [0.29, 0.717) is 18.5 Å². The highest BCUT2D eigenvalue weighted by Gasteiger charge is 2.19. The highest BCUT2D eigenvalue weighted by molar-refractivity contribution is 5.34. The Balaban J connectivity index is 2.92. The van der Waals surface area contributed by atoms with Crippen LogP contribution in [0.15, 0.2) is 18.2 Å². The van der Waals surface area contributed by atoms with Crippen LogP contribution in [0.2, 0.25) is 0 Å². The van der Waals surface area contributed by atoms with Gasteiger partial charge in [0.1, 0.15) is 0 Å². The molecule has 0 unspecified atom stereocenters. The Kier molecular flexibility index (Phi) is 3.11. The number of phenols is 1. The minimum Gasteiger partial charge on any atom is -0.505 e. The smallest absolute Gasteiger partial charge is 0.165 e. The molecule has 0 heterocycles. The topological polar surface area (TPSA) is 46.2 Å². The number of phenolic OH excluding ortho intramolecular Hbond substituents is 1. The fraction of sp³-hybridized carbons (Fsp3) is 0.455. The highest BCUT2D eigenvalue weighted by Crippen LogP contribution is 2.28. The Hall–Kier alpha value is -1.09. The molecule has 0 fully saturated rings. The second kappa shape index (κ2) is 3.96. The normalized spacial score (nSPS) is 11.7. The molecule has 0 aliphatic carbocycles. The Morgan fingerprint density at radius 1 is 1.43 bits per heavy atom. The van der Waals surface area contributed by atoms with Crippen molar-refractivity contribution in [3.05, 3.63) is 29.6 Å². The van der Waals surface area contributed by atoms with Gasteiger partial charge in [-0.3, -0.25) is 0 Å². The van der Waals surface area contributed by atoms with E-state index in [2.05, 4.69) is 0 Å². The average Bonchev–Trinajstić information content (AvgIpc) is 2.13. The van der Waals surface area contributed by atoms with Crippen LogP contribution >= 0.6 is 0 Å². The number of rotatable bonds is 3. The third-order valence-corrected chi connectivity index (χ3v) is 2.29. The summed E-state index contributed by atoms with van der Waals surface area (Å²) in [7, 11) is 0. The van der Waals surface area contributed by atoms with Gasteiger partial charge in [0.2, 0.25) is 0 Å². The highest BCUT2D eigenvalue weighted by atomic mass is 19.1. The second-order valence-electron chi connectivity index (χ2n) is 4.29. The van der Waals surface area contributed by atoms with Gasteiger partial charge in [-0.2, -0.15) is 0 Å². The van der Waals surface area contributed by atoms with E-state index in [-0.39, 0.29) is 11.2 Å². The van der Waals surface area contributed by atoms with E-state index >= 15 is 0 Å². The molecule has 0 saturated carbocycles. The molecule has 0 saturated heterocycles. The zero-order chi connectivity index (χ0) is 10.8. The van der Waals surface area contributed by atoms with Crippen molar-refractivity contribution >= 4 is 0 Å². The maximum Gasteiger partial charge on any atom is 0.165 e. The van der Waals surface area contributed by atoms with E-state index in [1.807, 2.05) is 13.8 Å². The molecule has 14 heavy (non-hydrogen) atoms. The lowest BCUT2D eigenvalue weighted by molar-refractivity contribution is 0.360. The van der Waals surface area contributed by atoms with E-state index in [4.69, 9.17) is 5.73 Å². The molecular weight excluding hydrogens is 181 g/mol. The lowest BCUT2D eigenvalue weighted by atomic mass is 9.85. The molecule has 0 atom stereocenters. The molecule has 0 spiro atoms. The Labute approximate surface area is 83.6 Å². The van der Waals surface area contributed by atoms with E-state index < -0.39 is 5.82 Å². The average molecular weight is 197 g/mol. The van der Waals surface area contributed by atoms with Crippen molar-refractivity contribution in [3.63, 3.8) is 0 Å². The predicted molar refractivity (Wildman–Crippen MR) is 54.6 cm³/mol. The summed E-state index contributed by atoms with van der Waals surface area (Å²) >= 11 is 0. The fourth-order valence-corrected chi connectivity index (χ4v) is 1.29. The van der Waals surface area contributed by atoms with Crippen LogP contribution in [0.1, 0.15) is 19.4 Å². The van der Waals surface area contributed by atoms with Crippen molar-refractivity contribution in [1.29, 1.82) is 0 Å². The summed E-state index contributed by atoms with van der Waals surface area (Å²) in [5, 5.41) is 9.44. The number of hydrogen-bond acceptors (Lipinski definition) is 2. The van der Waals surface area contributed by atoms with Gasteiger partial charge in [-0.1, -0.05) is 26.0 Å². The zero-order valence-corrected chi connectivity index (χ0v) is 8.55. The van der Waals surface area contributed by atoms with Gasteiger partial charge in [0.25, 0.3) is 0 Å². The van der Waals surface area contributed by atoms with Crippen LogP contribution in [0.5, 0.6) is 5.75 Å². The molecule has 0 bridgehead atoms. The minimum atomic E-state index is -0.574. The predicted octanol–water partition coefficient (Wildman–Crippen LogP) is 2.06. The van der Waals surface area contributed by atoms with Gasteiger partial charge < -0.3 is 10.8 Å². The van der Waals surface area contributed by atoms with Crippen LogP contribution < -0.4 is 5.73 Å². The maximum absolute atomic E-state index is 13.0. The molecule has 1 rings (SSSR count). The first-order valence-corrected chi connectivity index (χ1v) is 4.63. The standard InChI is InChI=1S/C11H16FNO/c1-11(2,7-13)6-8-4-3-5-9(12)10(8)14/h3-5,14H,6-7,13H2,1-2H3. The Morgan fingerprint density at radius 2 is 2.07 bits per heavy atom. The molecule has 0 radical (unpaired) electrons. The molecule has 2 nitrogen and oxygen atoms in total. The minimum absolute atomic E-state index is 0.120. The van der Waals surface area contributed by atoms with Gasteiger partial charge in [0.15, 0.2) is 11.6 Å². The van der Waals surface area contributed by atoms with E-state index in [0.717, 1.165) is 0 Å². The number of para-hydroxylation sites is 1. The molecule has 0 amide bonds. The van der Waals surface area contributed by atoms with Crippen molar-refractivity contribution in [1.82, 2.24) is 0 Å². The fourth-order valence-electron chi connectivity index (χ4n) is 1.29. The second-order valence-corrected chi connectivity index (χ2v) is 4.29. The Morgan fingerprint density at radius 3 is 2.64 bits per heavy atom. The van der Waals surface area contributed by atoms with Gasteiger partial charge in [-0.15, -0.1) is 0 Å². The SMILES string of the molecule is CC(C)(CN)Cc1cccc(F)c1O. The summed E-state index contributed by atoms with van der Waals surface area (Å²) in [6, 6.07) is 4.56. The number of benzene rings is 1. The molecule has 0 aliphatic rings. The zero-order valence-electron chi connectivity index (χ0n) is 8.55. The van der Waals surface area contributed by atoms with Crippen LogP contribution in [-0.2, 0) is 6.42 Å². The molecule has 0 aliphatic heterocycles. The summed E-state index contributed by atoms with van der Waals surface area (Å²) < 4.78 is 13.0. The van der Waals surface area contributed by atoms with Crippen LogP contribution in [0.25, 0.3) is 0 Å². The molecule has 3 N–H and O–H groups in total.